The highest BCUT2D eigenvalue weighted by Crippen LogP contribution is 2.33. The van der Waals surface area contributed by atoms with E-state index in [1.54, 1.807) is 31.0 Å². The van der Waals surface area contributed by atoms with Crippen molar-refractivity contribution >= 4 is 11.4 Å². The number of halogens is 1. The van der Waals surface area contributed by atoms with Crippen molar-refractivity contribution < 1.29 is 9.50 Å². The lowest BCUT2D eigenvalue weighted by atomic mass is 10.1. The molecule has 0 aliphatic rings. The van der Waals surface area contributed by atoms with Crippen molar-refractivity contribution in [2.24, 2.45) is 0 Å². The van der Waals surface area contributed by atoms with Crippen LogP contribution in [-0.2, 0) is 0 Å². The number of anilines is 2. The van der Waals surface area contributed by atoms with Crippen molar-refractivity contribution in [1.82, 2.24) is 0 Å². The Hall–Kier alpha value is -1.87. The summed E-state index contributed by atoms with van der Waals surface area (Å²) in [5.74, 6) is -0.331. The van der Waals surface area contributed by atoms with Gasteiger partial charge >= 0.3 is 0 Å². The lowest BCUT2D eigenvalue weighted by Gasteiger charge is -2.24. The number of rotatable bonds is 3. The molecule has 0 aliphatic heterocycles. The Bertz CT molecular complexity index is 581. The summed E-state index contributed by atoms with van der Waals surface area (Å²) < 4.78 is 14.1. The van der Waals surface area contributed by atoms with E-state index in [1.807, 2.05) is 31.2 Å². The Kier molecular flexibility index (Phi) is 3.86. The summed E-state index contributed by atoms with van der Waals surface area (Å²) in [6.45, 7) is 3.64. The molecule has 2 aromatic carbocycles. The molecular formula is C16H18FNO. The highest BCUT2D eigenvalue weighted by Gasteiger charge is 2.17. The van der Waals surface area contributed by atoms with Gasteiger partial charge in [0.15, 0.2) is 0 Å². The quantitative estimate of drug-likeness (QED) is 0.902. The minimum atomic E-state index is -0.710. The fraction of sp³-hybridized carbons (Fsp3) is 0.250. The molecule has 0 radical (unpaired) electrons. The molecule has 3 heteroatoms. The van der Waals surface area contributed by atoms with E-state index < -0.39 is 6.10 Å². The first-order valence-corrected chi connectivity index (χ1v) is 6.27. The van der Waals surface area contributed by atoms with Crippen LogP contribution in [0.4, 0.5) is 15.8 Å². The van der Waals surface area contributed by atoms with Crippen molar-refractivity contribution in [3.05, 3.63) is 59.4 Å². The van der Waals surface area contributed by atoms with Crippen molar-refractivity contribution in [2.75, 3.05) is 11.9 Å². The van der Waals surface area contributed by atoms with Crippen LogP contribution in [0.1, 0.15) is 24.2 Å². The molecule has 1 N–H and O–H groups in total. The van der Waals surface area contributed by atoms with Crippen LogP contribution in [0.5, 0.6) is 0 Å². The van der Waals surface area contributed by atoms with Gasteiger partial charge in [-0.15, -0.1) is 0 Å². The molecule has 0 amide bonds. The van der Waals surface area contributed by atoms with Gasteiger partial charge in [0.2, 0.25) is 0 Å². The zero-order valence-electron chi connectivity index (χ0n) is 11.4. The van der Waals surface area contributed by atoms with E-state index in [4.69, 9.17) is 0 Å². The van der Waals surface area contributed by atoms with E-state index in [9.17, 15) is 9.50 Å². The van der Waals surface area contributed by atoms with Crippen LogP contribution in [0.2, 0.25) is 0 Å². The maximum Gasteiger partial charge on any atom is 0.147 e. The third-order valence-electron chi connectivity index (χ3n) is 3.19. The Morgan fingerprint density at radius 2 is 1.84 bits per heavy atom. The van der Waals surface area contributed by atoms with E-state index in [0.717, 1.165) is 11.3 Å². The highest BCUT2D eigenvalue weighted by atomic mass is 19.1. The predicted molar refractivity (Wildman–Crippen MR) is 76.3 cm³/mol. The largest absolute Gasteiger partial charge is 0.389 e. The number of benzene rings is 2. The summed E-state index contributed by atoms with van der Waals surface area (Å²) in [5, 5.41) is 9.79. The molecule has 2 aromatic rings. The van der Waals surface area contributed by atoms with E-state index in [0.29, 0.717) is 11.3 Å². The number of nitrogens with zero attached hydrogens (tertiary/aromatic N) is 1. The van der Waals surface area contributed by atoms with Crippen LogP contribution in [-0.4, -0.2) is 12.2 Å². The molecule has 2 nitrogen and oxygen atoms in total. The fourth-order valence-corrected chi connectivity index (χ4v) is 2.19. The molecule has 19 heavy (non-hydrogen) atoms. The van der Waals surface area contributed by atoms with Gasteiger partial charge in [0.1, 0.15) is 5.82 Å². The molecule has 0 aliphatic carbocycles. The number of para-hydroxylation sites is 1. The topological polar surface area (TPSA) is 23.5 Å². The SMILES string of the molecule is Cc1cccc(N(C)c2c(F)cccc2[C@H](C)O)c1. The Labute approximate surface area is 113 Å². The zero-order chi connectivity index (χ0) is 14.0. The van der Waals surface area contributed by atoms with Crippen molar-refractivity contribution in [3.63, 3.8) is 0 Å². The maximum absolute atomic E-state index is 14.1. The van der Waals surface area contributed by atoms with E-state index >= 15 is 0 Å². The molecule has 2 rings (SSSR count). The number of aliphatic hydroxyl groups excluding tert-OH is 1. The van der Waals surface area contributed by atoms with Gasteiger partial charge < -0.3 is 10.0 Å². The first-order valence-electron chi connectivity index (χ1n) is 6.27. The number of hydrogen-bond donors (Lipinski definition) is 1. The molecule has 0 saturated heterocycles. The summed E-state index contributed by atoms with van der Waals surface area (Å²) in [6, 6.07) is 12.6. The molecule has 1 atom stereocenters. The van der Waals surface area contributed by atoms with Gasteiger partial charge in [-0.1, -0.05) is 24.3 Å². The maximum atomic E-state index is 14.1. The number of hydrogen-bond acceptors (Lipinski definition) is 2. The molecule has 0 aromatic heterocycles. The van der Waals surface area contributed by atoms with Crippen molar-refractivity contribution in [3.8, 4) is 0 Å². The predicted octanol–water partition coefficient (Wildman–Crippen LogP) is 3.96. The lowest BCUT2D eigenvalue weighted by molar-refractivity contribution is 0.199. The van der Waals surface area contributed by atoms with Crippen molar-refractivity contribution in [1.29, 1.82) is 0 Å². The van der Waals surface area contributed by atoms with Crippen LogP contribution in [0.25, 0.3) is 0 Å². The summed E-state index contributed by atoms with van der Waals surface area (Å²) >= 11 is 0. The molecule has 0 spiro atoms. The molecule has 0 fully saturated rings. The highest BCUT2D eigenvalue weighted by molar-refractivity contribution is 5.67. The minimum Gasteiger partial charge on any atom is -0.389 e. The lowest BCUT2D eigenvalue weighted by Crippen LogP contribution is -2.14. The molecule has 0 heterocycles. The molecule has 0 saturated carbocycles. The van der Waals surface area contributed by atoms with E-state index in [-0.39, 0.29) is 5.82 Å². The van der Waals surface area contributed by atoms with Crippen LogP contribution in [0, 0.1) is 12.7 Å². The third kappa shape index (κ3) is 2.76. The third-order valence-corrected chi connectivity index (χ3v) is 3.19. The smallest absolute Gasteiger partial charge is 0.147 e. The van der Waals surface area contributed by atoms with Gasteiger partial charge in [-0.25, -0.2) is 4.39 Å². The van der Waals surface area contributed by atoms with Gasteiger partial charge in [0.25, 0.3) is 0 Å². The number of aryl methyl sites for hydroxylation is 1. The summed E-state index contributed by atoms with van der Waals surface area (Å²) in [4.78, 5) is 1.77. The Morgan fingerprint density at radius 1 is 1.16 bits per heavy atom. The zero-order valence-corrected chi connectivity index (χ0v) is 11.4. The van der Waals surface area contributed by atoms with Gasteiger partial charge in [-0.2, -0.15) is 0 Å². The first kappa shape index (κ1) is 13.6. The van der Waals surface area contributed by atoms with E-state index in [1.165, 1.54) is 6.07 Å². The molecule has 100 valence electrons. The average Bonchev–Trinajstić information content (AvgIpc) is 2.37. The summed E-state index contributed by atoms with van der Waals surface area (Å²) in [6.07, 6.45) is -0.710. The minimum absolute atomic E-state index is 0.331. The summed E-state index contributed by atoms with van der Waals surface area (Å²) in [7, 11) is 1.80. The standard InChI is InChI=1S/C16H18FNO/c1-11-6-4-7-13(10-11)18(3)16-14(12(2)19)8-5-9-15(16)17/h4-10,12,19H,1-3H3/t12-/m0/s1. The Morgan fingerprint density at radius 3 is 2.47 bits per heavy atom. The molecular weight excluding hydrogens is 241 g/mol. The Balaban J connectivity index is 2.52. The first-order chi connectivity index (χ1) is 9.00. The van der Waals surface area contributed by atoms with Gasteiger partial charge in [0.05, 0.1) is 11.8 Å². The second kappa shape index (κ2) is 5.41. The molecule has 0 unspecified atom stereocenters. The second-order valence-corrected chi connectivity index (χ2v) is 4.75. The van der Waals surface area contributed by atoms with Crippen LogP contribution < -0.4 is 4.90 Å². The normalized spacial score (nSPS) is 12.3. The van der Waals surface area contributed by atoms with Crippen molar-refractivity contribution in [2.45, 2.75) is 20.0 Å². The van der Waals surface area contributed by atoms with Gasteiger partial charge in [0, 0.05) is 18.3 Å². The van der Waals surface area contributed by atoms with Gasteiger partial charge in [-0.3, -0.25) is 0 Å². The van der Waals surface area contributed by atoms with Crippen LogP contribution >= 0.6 is 0 Å². The van der Waals surface area contributed by atoms with Crippen LogP contribution in [0.3, 0.4) is 0 Å². The number of aliphatic hydroxyl groups is 1. The van der Waals surface area contributed by atoms with Gasteiger partial charge in [-0.05, 0) is 37.6 Å². The average molecular weight is 259 g/mol. The second-order valence-electron chi connectivity index (χ2n) is 4.75. The van der Waals surface area contributed by atoms with E-state index in [2.05, 4.69) is 0 Å². The monoisotopic (exact) mass is 259 g/mol. The summed E-state index contributed by atoms with van der Waals surface area (Å²) in [5.41, 5.74) is 3.01. The van der Waals surface area contributed by atoms with Crippen LogP contribution in [0.15, 0.2) is 42.5 Å². The molecule has 0 bridgehead atoms. The fourth-order valence-electron chi connectivity index (χ4n) is 2.19.